The largest absolute Gasteiger partial charge is 0.497 e. The zero-order valence-electron chi connectivity index (χ0n) is 9.82. The van der Waals surface area contributed by atoms with Crippen molar-refractivity contribution in [2.75, 3.05) is 7.11 Å². The molecule has 0 aliphatic rings. The minimum Gasteiger partial charge on any atom is -0.497 e. The smallest absolute Gasteiger partial charge is 0.119 e. The summed E-state index contributed by atoms with van der Waals surface area (Å²) >= 11 is 8.86. The van der Waals surface area contributed by atoms with Crippen molar-refractivity contribution in [2.45, 2.75) is 10.6 Å². The van der Waals surface area contributed by atoms with E-state index in [0.717, 1.165) is 20.4 Å². The maximum absolute atomic E-state index is 5.24. The van der Waals surface area contributed by atoms with E-state index >= 15 is 0 Å². The predicted octanol–water partition coefficient (Wildman–Crippen LogP) is 5.51. The van der Waals surface area contributed by atoms with Gasteiger partial charge >= 0.3 is 0 Å². The molecule has 0 atom stereocenters. The van der Waals surface area contributed by atoms with Gasteiger partial charge in [0.15, 0.2) is 0 Å². The molecule has 0 bridgehead atoms. The minimum absolute atomic E-state index is 0.892. The zero-order chi connectivity index (χ0) is 13.0. The molecule has 18 heavy (non-hydrogen) atoms. The summed E-state index contributed by atoms with van der Waals surface area (Å²) in [5.74, 6) is 1.80. The molecule has 0 heterocycles. The van der Waals surface area contributed by atoms with Crippen LogP contribution in [0.4, 0.5) is 0 Å². The molecule has 0 aromatic heterocycles. The average Bonchev–Trinajstić information content (AvgIpc) is 2.38. The van der Waals surface area contributed by atoms with Crippen LogP contribution in [0.1, 0.15) is 5.56 Å². The van der Waals surface area contributed by atoms with Crippen LogP contribution >= 0.6 is 43.6 Å². The lowest BCUT2D eigenvalue weighted by Crippen LogP contribution is -1.87. The van der Waals surface area contributed by atoms with E-state index in [4.69, 9.17) is 4.74 Å². The van der Waals surface area contributed by atoms with Crippen molar-refractivity contribution in [1.29, 1.82) is 0 Å². The van der Waals surface area contributed by atoms with Crippen LogP contribution in [0.25, 0.3) is 0 Å². The van der Waals surface area contributed by atoms with Crippen LogP contribution in [-0.2, 0) is 5.75 Å². The molecule has 0 spiro atoms. The second kappa shape index (κ2) is 6.64. The van der Waals surface area contributed by atoms with E-state index in [2.05, 4.69) is 50.1 Å². The fourth-order valence-corrected chi connectivity index (χ4v) is 3.58. The average molecular weight is 388 g/mol. The van der Waals surface area contributed by atoms with Gasteiger partial charge in [-0.1, -0.05) is 37.9 Å². The number of halogens is 2. The number of hydrogen-bond donors (Lipinski definition) is 0. The van der Waals surface area contributed by atoms with Gasteiger partial charge in [0.25, 0.3) is 0 Å². The summed E-state index contributed by atoms with van der Waals surface area (Å²) in [6.45, 7) is 0. The highest BCUT2D eigenvalue weighted by atomic mass is 79.9. The third-order valence-corrected chi connectivity index (χ3v) is 4.75. The van der Waals surface area contributed by atoms with Gasteiger partial charge in [-0.3, -0.25) is 0 Å². The normalized spacial score (nSPS) is 10.4. The lowest BCUT2D eigenvalue weighted by molar-refractivity contribution is 0.414. The molecular weight excluding hydrogens is 376 g/mol. The lowest BCUT2D eigenvalue weighted by Gasteiger charge is -2.07. The molecule has 0 N–H and O–H groups in total. The van der Waals surface area contributed by atoms with Crippen LogP contribution in [0.2, 0.25) is 0 Å². The quantitative estimate of drug-likeness (QED) is 0.639. The van der Waals surface area contributed by atoms with Crippen molar-refractivity contribution in [1.82, 2.24) is 0 Å². The first-order valence-corrected chi connectivity index (χ1v) is 7.97. The fraction of sp³-hybridized carbons (Fsp3) is 0.143. The van der Waals surface area contributed by atoms with Crippen molar-refractivity contribution in [3.8, 4) is 5.75 Å². The molecule has 0 aliphatic carbocycles. The van der Waals surface area contributed by atoms with Crippen LogP contribution in [0.15, 0.2) is 56.3 Å². The molecule has 0 aliphatic heterocycles. The Bertz CT molecular complexity index is 543. The molecule has 2 aromatic carbocycles. The molecular formula is C14H12Br2OS. The Hall–Kier alpha value is -0.450. The summed E-state index contributed by atoms with van der Waals surface area (Å²) in [6, 6.07) is 14.4. The van der Waals surface area contributed by atoms with E-state index in [9.17, 15) is 0 Å². The summed E-state index contributed by atoms with van der Waals surface area (Å²) in [5, 5.41) is 0. The van der Waals surface area contributed by atoms with E-state index in [0.29, 0.717) is 0 Å². The van der Waals surface area contributed by atoms with Gasteiger partial charge in [0.05, 0.1) is 7.11 Å². The molecule has 2 aromatic rings. The second-order valence-electron chi connectivity index (χ2n) is 3.70. The molecule has 0 fully saturated rings. The van der Waals surface area contributed by atoms with Crippen LogP contribution in [0, 0.1) is 0 Å². The predicted molar refractivity (Wildman–Crippen MR) is 84.4 cm³/mol. The monoisotopic (exact) mass is 386 g/mol. The fourth-order valence-electron chi connectivity index (χ4n) is 1.51. The number of methoxy groups -OCH3 is 1. The number of thioether (sulfide) groups is 1. The molecule has 0 saturated carbocycles. The molecule has 0 unspecified atom stereocenters. The first-order valence-electron chi connectivity index (χ1n) is 5.40. The highest BCUT2D eigenvalue weighted by Gasteiger charge is 2.03. The lowest BCUT2D eigenvalue weighted by atomic mass is 10.2. The van der Waals surface area contributed by atoms with E-state index in [-0.39, 0.29) is 0 Å². The maximum atomic E-state index is 5.24. The molecule has 4 heteroatoms. The summed E-state index contributed by atoms with van der Waals surface area (Å²) < 4.78 is 7.47. The number of rotatable bonds is 4. The van der Waals surface area contributed by atoms with Crippen molar-refractivity contribution < 1.29 is 4.74 Å². The van der Waals surface area contributed by atoms with Crippen molar-refractivity contribution in [3.63, 3.8) is 0 Å². The molecule has 94 valence electrons. The number of hydrogen-bond acceptors (Lipinski definition) is 2. The van der Waals surface area contributed by atoms with Gasteiger partial charge in [-0.15, -0.1) is 11.8 Å². The van der Waals surface area contributed by atoms with Gasteiger partial charge in [0.1, 0.15) is 5.75 Å². The third kappa shape index (κ3) is 3.77. The molecule has 0 saturated heterocycles. The van der Waals surface area contributed by atoms with Gasteiger partial charge in [-0.2, -0.15) is 0 Å². The van der Waals surface area contributed by atoms with Gasteiger partial charge in [0.2, 0.25) is 0 Å². The molecule has 0 amide bonds. The van der Waals surface area contributed by atoms with E-state index in [1.807, 2.05) is 24.3 Å². The van der Waals surface area contributed by atoms with Crippen molar-refractivity contribution in [2.24, 2.45) is 0 Å². The van der Waals surface area contributed by atoms with Crippen molar-refractivity contribution >= 4 is 43.6 Å². The van der Waals surface area contributed by atoms with Gasteiger partial charge in [0, 0.05) is 19.6 Å². The van der Waals surface area contributed by atoms with E-state index in [1.54, 1.807) is 18.9 Å². The number of ether oxygens (including phenoxy) is 1. The first-order chi connectivity index (χ1) is 8.69. The van der Waals surface area contributed by atoms with Gasteiger partial charge in [-0.25, -0.2) is 0 Å². The highest BCUT2D eigenvalue weighted by Crippen LogP contribution is 2.30. The summed E-state index contributed by atoms with van der Waals surface area (Å²) in [7, 11) is 1.69. The molecule has 2 rings (SSSR count). The van der Waals surface area contributed by atoms with Crippen LogP contribution in [0.5, 0.6) is 5.75 Å². The first kappa shape index (κ1) is 14.0. The second-order valence-corrected chi connectivity index (χ2v) is 6.52. The van der Waals surface area contributed by atoms with Crippen LogP contribution in [0.3, 0.4) is 0 Å². The Morgan fingerprint density at radius 3 is 2.67 bits per heavy atom. The van der Waals surface area contributed by atoms with Crippen LogP contribution in [-0.4, -0.2) is 7.11 Å². The Labute approximate surface area is 128 Å². The Morgan fingerprint density at radius 2 is 1.94 bits per heavy atom. The SMILES string of the molecule is COc1ccc(Br)c(CSc2cccc(Br)c2)c1. The Kier molecular flexibility index (Phi) is 5.15. The topological polar surface area (TPSA) is 9.23 Å². The molecule has 0 radical (unpaired) electrons. The van der Waals surface area contributed by atoms with E-state index in [1.165, 1.54) is 10.5 Å². The van der Waals surface area contributed by atoms with Crippen LogP contribution < -0.4 is 4.74 Å². The van der Waals surface area contributed by atoms with Gasteiger partial charge in [-0.05, 0) is 42.0 Å². The summed E-state index contributed by atoms with van der Waals surface area (Å²) in [5.41, 5.74) is 1.24. The van der Waals surface area contributed by atoms with Crippen molar-refractivity contribution in [3.05, 3.63) is 57.0 Å². The zero-order valence-corrected chi connectivity index (χ0v) is 13.8. The minimum atomic E-state index is 0.892. The summed E-state index contributed by atoms with van der Waals surface area (Å²) in [4.78, 5) is 1.25. The Balaban J connectivity index is 2.10. The standard InChI is InChI=1S/C14H12Br2OS/c1-17-12-5-6-14(16)10(7-12)9-18-13-4-2-3-11(15)8-13/h2-8H,9H2,1H3. The third-order valence-electron chi connectivity index (χ3n) is 2.44. The van der Waals surface area contributed by atoms with E-state index < -0.39 is 0 Å². The Morgan fingerprint density at radius 1 is 1.11 bits per heavy atom. The van der Waals surface area contributed by atoms with Gasteiger partial charge < -0.3 is 4.74 Å². The maximum Gasteiger partial charge on any atom is 0.119 e. The number of benzene rings is 2. The highest BCUT2D eigenvalue weighted by molar-refractivity contribution is 9.10. The summed E-state index contributed by atoms with van der Waals surface area (Å²) in [6.07, 6.45) is 0. The molecule has 1 nitrogen and oxygen atoms in total.